The number of nitrogens with zero attached hydrogens (tertiary/aromatic N) is 2. The van der Waals surface area contributed by atoms with E-state index in [4.69, 9.17) is 11.1 Å². The monoisotopic (exact) mass is 364 g/mol. The molecular weight excluding hydrogens is 347 g/mol. The molecule has 3 N–H and O–H groups in total. The van der Waals surface area contributed by atoms with E-state index < -0.39 is 5.91 Å². The molecule has 3 aliphatic rings. The molecule has 130 valence electrons. The number of carbonyl (C=O) groups excluding carboxylic acids is 2. The van der Waals surface area contributed by atoms with E-state index in [0.717, 1.165) is 13.9 Å². The topological polar surface area (TPSA) is 90.5 Å². The van der Waals surface area contributed by atoms with Crippen molar-refractivity contribution < 1.29 is 9.59 Å². The number of allylic oxidation sites excluding steroid dienone is 4. The Labute approximate surface area is 153 Å². The Balaban J connectivity index is 1.88. The Morgan fingerprint density at radius 2 is 2.27 bits per heavy atom. The van der Waals surface area contributed by atoms with Gasteiger partial charge in [0, 0.05) is 11.3 Å². The van der Waals surface area contributed by atoms with Gasteiger partial charge in [-0.2, -0.15) is 0 Å². The van der Waals surface area contributed by atoms with Crippen molar-refractivity contribution in [1.29, 1.82) is 5.41 Å². The molecule has 0 bridgehead atoms. The third-order valence-corrected chi connectivity index (χ3v) is 5.07. The van der Waals surface area contributed by atoms with Gasteiger partial charge in [0.25, 0.3) is 5.91 Å². The summed E-state index contributed by atoms with van der Waals surface area (Å²) in [7, 11) is 0.851. The number of nitrogens with two attached hydrogens (primary N) is 1. The predicted octanol–water partition coefficient (Wildman–Crippen LogP) is 2.47. The molecule has 0 aromatic heterocycles. The summed E-state index contributed by atoms with van der Waals surface area (Å²) < 4.78 is 0. The van der Waals surface area contributed by atoms with Crippen molar-refractivity contribution in [3.05, 3.63) is 70.8 Å². The second-order valence-electron chi connectivity index (χ2n) is 5.64. The summed E-state index contributed by atoms with van der Waals surface area (Å²) in [4.78, 5) is 28.4. The predicted molar refractivity (Wildman–Crippen MR) is 103 cm³/mol. The zero-order chi connectivity index (χ0) is 18.7. The van der Waals surface area contributed by atoms with Gasteiger partial charge in [0.15, 0.2) is 0 Å². The van der Waals surface area contributed by atoms with E-state index in [9.17, 15) is 9.59 Å². The van der Waals surface area contributed by atoms with Crippen LogP contribution < -0.4 is 5.73 Å². The van der Waals surface area contributed by atoms with Crippen LogP contribution in [0.4, 0.5) is 4.79 Å². The van der Waals surface area contributed by atoms with Gasteiger partial charge in [0.05, 0.1) is 17.9 Å². The van der Waals surface area contributed by atoms with E-state index in [-0.39, 0.29) is 24.2 Å². The van der Waals surface area contributed by atoms with Gasteiger partial charge < -0.3 is 5.73 Å². The SMILES string of the molecule is CC=C1CN(C(=O)C2=C=C=CC=C2)C(=O)N1C1C=CC(C(=N)N)=CC=P1. The molecule has 0 radical (unpaired) electrons. The van der Waals surface area contributed by atoms with Gasteiger partial charge >= 0.3 is 6.03 Å². The zero-order valence-corrected chi connectivity index (χ0v) is 15.0. The molecule has 1 fully saturated rings. The van der Waals surface area contributed by atoms with Crippen LogP contribution >= 0.6 is 8.20 Å². The molecule has 0 spiro atoms. The summed E-state index contributed by atoms with van der Waals surface area (Å²) in [5, 5.41) is 7.54. The molecular formula is C19H17N4O2P. The van der Waals surface area contributed by atoms with Gasteiger partial charge in [-0.3, -0.25) is 20.0 Å². The van der Waals surface area contributed by atoms with Crippen LogP contribution in [0.15, 0.2) is 70.8 Å². The van der Waals surface area contributed by atoms with E-state index in [1.165, 1.54) is 4.90 Å². The lowest BCUT2D eigenvalue weighted by Crippen LogP contribution is -2.39. The van der Waals surface area contributed by atoms with Gasteiger partial charge in [-0.15, -0.1) is 0 Å². The van der Waals surface area contributed by atoms with E-state index in [1.807, 2.05) is 24.9 Å². The number of carbonyl (C=O) groups is 2. The maximum Gasteiger partial charge on any atom is 0.332 e. The first kappa shape index (κ1) is 17.7. The molecule has 3 rings (SSSR count). The molecule has 2 aliphatic heterocycles. The maximum atomic E-state index is 12.9. The number of nitrogens with one attached hydrogen (secondary N) is 1. The van der Waals surface area contributed by atoms with Crippen molar-refractivity contribution in [2.24, 2.45) is 5.73 Å². The fourth-order valence-corrected chi connectivity index (χ4v) is 3.68. The summed E-state index contributed by atoms with van der Waals surface area (Å²) >= 11 is 0. The molecule has 1 saturated heterocycles. The summed E-state index contributed by atoms with van der Waals surface area (Å²) in [6.45, 7) is 2.05. The van der Waals surface area contributed by atoms with Gasteiger partial charge in [0.1, 0.15) is 5.84 Å². The highest BCUT2D eigenvalue weighted by Crippen LogP contribution is 2.30. The molecule has 1 atom stereocenters. The summed E-state index contributed by atoms with van der Waals surface area (Å²) in [5.41, 5.74) is 12.7. The molecule has 0 saturated carbocycles. The Morgan fingerprint density at radius 1 is 1.46 bits per heavy atom. The highest BCUT2D eigenvalue weighted by Gasteiger charge is 2.40. The average molecular weight is 364 g/mol. The highest BCUT2D eigenvalue weighted by molar-refractivity contribution is 7.40. The lowest BCUT2D eigenvalue weighted by atomic mass is 10.2. The number of hydrogen-bond donors (Lipinski definition) is 2. The molecule has 6 nitrogen and oxygen atoms in total. The van der Waals surface area contributed by atoms with E-state index in [1.54, 1.807) is 35.3 Å². The van der Waals surface area contributed by atoms with Crippen LogP contribution in [0.5, 0.6) is 0 Å². The Morgan fingerprint density at radius 3 is 2.92 bits per heavy atom. The number of rotatable bonds is 3. The summed E-state index contributed by atoms with van der Waals surface area (Å²) in [6.07, 6.45) is 12.1. The lowest BCUT2D eigenvalue weighted by Gasteiger charge is -2.22. The molecule has 26 heavy (non-hydrogen) atoms. The highest BCUT2D eigenvalue weighted by atomic mass is 31.1. The van der Waals surface area contributed by atoms with Crippen LogP contribution in [-0.4, -0.2) is 45.7 Å². The van der Waals surface area contributed by atoms with Crippen molar-refractivity contribution in [2.75, 3.05) is 6.54 Å². The van der Waals surface area contributed by atoms with E-state index in [0.29, 0.717) is 11.1 Å². The Kier molecular flexibility index (Phi) is 5.01. The summed E-state index contributed by atoms with van der Waals surface area (Å²) in [5.74, 6) is 1.16. The van der Waals surface area contributed by atoms with Crippen LogP contribution in [-0.2, 0) is 4.79 Å². The maximum absolute atomic E-state index is 12.9. The average Bonchev–Trinajstić information content (AvgIpc) is 2.83. The number of amidine groups is 1. The second-order valence-corrected chi connectivity index (χ2v) is 6.76. The minimum Gasteiger partial charge on any atom is -0.384 e. The van der Waals surface area contributed by atoms with Crippen molar-refractivity contribution in [3.63, 3.8) is 0 Å². The minimum atomic E-state index is -0.394. The number of urea groups is 1. The van der Waals surface area contributed by atoms with Crippen LogP contribution in [0, 0.1) is 5.41 Å². The Bertz CT molecular complexity index is 939. The van der Waals surface area contributed by atoms with Gasteiger partial charge in [-0.25, -0.2) is 4.79 Å². The largest absolute Gasteiger partial charge is 0.384 e. The van der Waals surface area contributed by atoms with Crippen LogP contribution in [0.3, 0.4) is 0 Å². The van der Waals surface area contributed by atoms with Gasteiger partial charge in [0.2, 0.25) is 0 Å². The fraction of sp³-hybridized carbons (Fsp3) is 0.158. The van der Waals surface area contributed by atoms with Gasteiger partial charge in [-0.05, 0) is 30.9 Å². The van der Waals surface area contributed by atoms with Crippen molar-refractivity contribution >= 4 is 31.8 Å². The smallest absolute Gasteiger partial charge is 0.332 e. The number of amides is 3. The van der Waals surface area contributed by atoms with Crippen LogP contribution in [0.25, 0.3) is 0 Å². The van der Waals surface area contributed by atoms with Crippen LogP contribution in [0.1, 0.15) is 6.92 Å². The first-order valence-electron chi connectivity index (χ1n) is 7.97. The molecule has 7 heteroatoms. The number of imide groups is 1. The fourth-order valence-electron chi connectivity index (χ4n) is 2.69. The Hall–Kier alpha value is -3.16. The third kappa shape index (κ3) is 3.30. The lowest BCUT2D eigenvalue weighted by molar-refractivity contribution is -0.123. The number of hydrogen-bond acceptors (Lipinski definition) is 3. The quantitative estimate of drug-likeness (QED) is 0.349. The van der Waals surface area contributed by atoms with E-state index >= 15 is 0 Å². The second kappa shape index (κ2) is 7.38. The molecule has 1 unspecified atom stereocenters. The normalized spacial score (nSPS) is 23.3. The standard InChI is InChI=1S/C19H17N4O2P/c1-2-15-12-22(18(24)14-6-4-3-5-7-14)19(25)23(15)16-9-8-13(17(20)21)10-11-26-16/h2-4,6,8-11,16H,12H2,1H3,(H3,20,21). The van der Waals surface area contributed by atoms with Crippen molar-refractivity contribution in [3.8, 4) is 0 Å². The first-order chi connectivity index (χ1) is 12.5. The van der Waals surface area contributed by atoms with Gasteiger partial charge in [-0.1, -0.05) is 44.0 Å². The molecule has 0 aromatic rings. The van der Waals surface area contributed by atoms with Crippen molar-refractivity contribution in [2.45, 2.75) is 12.7 Å². The van der Waals surface area contributed by atoms with E-state index in [2.05, 4.69) is 11.5 Å². The minimum absolute atomic E-state index is 0.0278. The molecule has 3 amide bonds. The molecule has 1 aliphatic carbocycles. The third-order valence-electron chi connectivity index (χ3n) is 4.04. The first-order valence-corrected chi connectivity index (χ1v) is 9.01. The molecule has 0 aromatic carbocycles. The zero-order valence-electron chi connectivity index (χ0n) is 14.1. The molecule has 2 heterocycles. The van der Waals surface area contributed by atoms with Crippen LogP contribution in [0.2, 0.25) is 0 Å². The van der Waals surface area contributed by atoms with Crippen molar-refractivity contribution in [1.82, 2.24) is 9.80 Å². The summed E-state index contributed by atoms with van der Waals surface area (Å²) in [6, 6.07) is -0.373.